The fraction of sp³-hybridized carbons (Fsp3) is 0.550. The largest absolute Gasteiger partial charge is 0.383 e. The predicted molar refractivity (Wildman–Crippen MR) is 109 cm³/mol. The number of piperidine rings is 1. The van der Waals surface area contributed by atoms with Crippen molar-refractivity contribution in [1.29, 1.82) is 0 Å². The van der Waals surface area contributed by atoms with Crippen LogP contribution in [0.4, 0.5) is 11.5 Å². The molecular weight excluding hydrogens is 332 g/mol. The maximum atomic E-state index is 6.23. The zero-order valence-electron chi connectivity index (χ0n) is 15.4. The number of hydrogen-bond acceptors (Lipinski definition) is 4. The molecule has 1 aromatic carbocycles. The fourth-order valence-corrected chi connectivity index (χ4v) is 3.68. The Balaban J connectivity index is 1.86. The van der Waals surface area contributed by atoms with Gasteiger partial charge in [-0.2, -0.15) is 0 Å². The van der Waals surface area contributed by atoms with Crippen LogP contribution >= 0.6 is 11.6 Å². The highest BCUT2D eigenvalue weighted by molar-refractivity contribution is 6.31. The van der Waals surface area contributed by atoms with Crippen LogP contribution in [-0.2, 0) is 0 Å². The molecule has 1 aliphatic rings. The smallest absolute Gasteiger partial charge is 0.131 e. The first kappa shape index (κ1) is 18.3. The molecule has 1 saturated heterocycles. The molecule has 0 bridgehead atoms. The SMILES string of the molecule is CCN(CC)CCNc1cc(N2CCCCC2)nc2ccc(Cl)cc12. The lowest BCUT2D eigenvalue weighted by Crippen LogP contribution is -2.30. The van der Waals surface area contributed by atoms with Gasteiger partial charge in [0.2, 0.25) is 0 Å². The van der Waals surface area contributed by atoms with E-state index < -0.39 is 0 Å². The van der Waals surface area contributed by atoms with E-state index >= 15 is 0 Å². The summed E-state index contributed by atoms with van der Waals surface area (Å²) < 4.78 is 0. The van der Waals surface area contributed by atoms with Crippen LogP contribution in [-0.4, -0.2) is 49.2 Å². The van der Waals surface area contributed by atoms with Gasteiger partial charge >= 0.3 is 0 Å². The predicted octanol–water partition coefficient (Wildman–Crippen LogP) is 4.63. The quantitative estimate of drug-likeness (QED) is 0.779. The number of nitrogens with one attached hydrogen (secondary N) is 1. The van der Waals surface area contributed by atoms with Crippen LogP contribution in [0, 0.1) is 0 Å². The van der Waals surface area contributed by atoms with Crippen molar-refractivity contribution < 1.29 is 0 Å². The number of nitrogens with zero attached hydrogens (tertiary/aromatic N) is 3. The third-order valence-corrected chi connectivity index (χ3v) is 5.31. The van der Waals surface area contributed by atoms with E-state index in [1.165, 1.54) is 19.3 Å². The Morgan fingerprint density at radius 2 is 1.88 bits per heavy atom. The van der Waals surface area contributed by atoms with Gasteiger partial charge in [-0.25, -0.2) is 4.98 Å². The summed E-state index contributed by atoms with van der Waals surface area (Å²) in [6.45, 7) is 10.7. The first-order valence-corrected chi connectivity index (χ1v) is 9.90. The Labute approximate surface area is 156 Å². The van der Waals surface area contributed by atoms with Crippen molar-refractivity contribution in [3.05, 3.63) is 29.3 Å². The minimum absolute atomic E-state index is 0.756. The average Bonchev–Trinajstić information content (AvgIpc) is 2.66. The summed E-state index contributed by atoms with van der Waals surface area (Å²) in [6.07, 6.45) is 3.84. The number of halogens is 1. The minimum Gasteiger partial charge on any atom is -0.383 e. The van der Waals surface area contributed by atoms with Gasteiger partial charge in [-0.05, 0) is 50.6 Å². The van der Waals surface area contributed by atoms with Gasteiger partial charge in [0, 0.05) is 48.3 Å². The number of likely N-dealkylation sites (N-methyl/N-ethyl adjacent to an activating group) is 1. The van der Waals surface area contributed by atoms with E-state index in [0.717, 1.165) is 66.7 Å². The Bertz CT molecular complexity index is 693. The summed E-state index contributed by atoms with van der Waals surface area (Å²) >= 11 is 6.23. The van der Waals surface area contributed by atoms with Crippen molar-refractivity contribution in [3.63, 3.8) is 0 Å². The third kappa shape index (κ3) is 4.56. The standard InChI is InChI=1S/C20H29ClN4/c1-3-24(4-2)13-10-22-19-15-20(25-11-6-5-7-12-25)23-18-9-8-16(21)14-17(18)19/h8-9,14-15H,3-7,10-13H2,1-2H3,(H,22,23). The zero-order valence-corrected chi connectivity index (χ0v) is 16.1. The van der Waals surface area contributed by atoms with Gasteiger partial charge in [-0.1, -0.05) is 25.4 Å². The number of fused-ring (bicyclic) bond motifs is 1. The van der Waals surface area contributed by atoms with Crippen molar-refractivity contribution in [3.8, 4) is 0 Å². The van der Waals surface area contributed by atoms with Crippen LogP contribution in [0.1, 0.15) is 33.1 Å². The molecular formula is C20H29ClN4. The van der Waals surface area contributed by atoms with Crippen LogP contribution in [0.25, 0.3) is 10.9 Å². The Hall–Kier alpha value is -1.52. The number of anilines is 2. The summed E-state index contributed by atoms with van der Waals surface area (Å²) in [4.78, 5) is 9.73. The molecule has 0 unspecified atom stereocenters. The summed E-state index contributed by atoms with van der Waals surface area (Å²) in [7, 11) is 0. The summed E-state index contributed by atoms with van der Waals surface area (Å²) in [6, 6.07) is 8.17. The highest BCUT2D eigenvalue weighted by Gasteiger charge is 2.15. The topological polar surface area (TPSA) is 31.4 Å². The molecule has 0 aliphatic carbocycles. The number of aromatic nitrogens is 1. The van der Waals surface area contributed by atoms with Crippen LogP contribution in [0.15, 0.2) is 24.3 Å². The second kappa shape index (κ2) is 8.72. The molecule has 5 heteroatoms. The summed E-state index contributed by atoms with van der Waals surface area (Å²) in [5.41, 5.74) is 2.15. The van der Waals surface area contributed by atoms with E-state index in [1.807, 2.05) is 18.2 Å². The highest BCUT2D eigenvalue weighted by Crippen LogP contribution is 2.30. The average molecular weight is 361 g/mol. The van der Waals surface area contributed by atoms with E-state index in [1.54, 1.807) is 0 Å². The molecule has 0 radical (unpaired) electrons. The first-order chi connectivity index (χ1) is 12.2. The maximum Gasteiger partial charge on any atom is 0.131 e. The second-order valence-corrected chi connectivity index (χ2v) is 7.13. The third-order valence-electron chi connectivity index (χ3n) is 5.08. The molecule has 3 rings (SSSR count). The van der Waals surface area contributed by atoms with Crippen LogP contribution in [0.2, 0.25) is 5.02 Å². The van der Waals surface area contributed by atoms with Crippen molar-refractivity contribution >= 4 is 34.0 Å². The van der Waals surface area contributed by atoms with Gasteiger partial charge in [0.25, 0.3) is 0 Å². The molecule has 0 spiro atoms. The van der Waals surface area contributed by atoms with E-state index in [2.05, 4.69) is 35.0 Å². The van der Waals surface area contributed by atoms with Crippen LogP contribution < -0.4 is 10.2 Å². The molecule has 0 atom stereocenters. The Kier molecular flexibility index (Phi) is 6.38. The van der Waals surface area contributed by atoms with Crippen LogP contribution in [0.3, 0.4) is 0 Å². The van der Waals surface area contributed by atoms with Gasteiger partial charge in [0.15, 0.2) is 0 Å². The molecule has 2 aromatic rings. The van der Waals surface area contributed by atoms with E-state index in [4.69, 9.17) is 16.6 Å². The Morgan fingerprint density at radius 3 is 2.60 bits per heavy atom. The van der Waals surface area contributed by atoms with Gasteiger partial charge in [-0.3, -0.25) is 0 Å². The molecule has 4 nitrogen and oxygen atoms in total. The molecule has 1 fully saturated rings. The van der Waals surface area contributed by atoms with Crippen LogP contribution in [0.5, 0.6) is 0 Å². The van der Waals surface area contributed by atoms with Gasteiger partial charge < -0.3 is 15.1 Å². The molecule has 25 heavy (non-hydrogen) atoms. The summed E-state index contributed by atoms with van der Waals surface area (Å²) in [5, 5.41) is 5.49. The maximum absolute atomic E-state index is 6.23. The van der Waals surface area contributed by atoms with Crippen molar-refractivity contribution in [2.45, 2.75) is 33.1 Å². The molecule has 0 saturated carbocycles. The minimum atomic E-state index is 0.756. The molecule has 2 heterocycles. The van der Waals surface area contributed by atoms with Gasteiger partial charge in [0.1, 0.15) is 5.82 Å². The Morgan fingerprint density at radius 1 is 1.12 bits per heavy atom. The number of pyridine rings is 1. The highest BCUT2D eigenvalue weighted by atomic mass is 35.5. The summed E-state index contributed by atoms with van der Waals surface area (Å²) in [5.74, 6) is 1.08. The molecule has 136 valence electrons. The van der Waals surface area contributed by atoms with Crippen molar-refractivity contribution in [1.82, 2.24) is 9.88 Å². The van der Waals surface area contributed by atoms with E-state index in [-0.39, 0.29) is 0 Å². The van der Waals surface area contributed by atoms with Gasteiger partial charge in [0.05, 0.1) is 5.52 Å². The first-order valence-electron chi connectivity index (χ1n) is 9.52. The molecule has 1 aromatic heterocycles. The second-order valence-electron chi connectivity index (χ2n) is 6.69. The van der Waals surface area contributed by atoms with E-state index in [9.17, 15) is 0 Å². The van der Waals surface area contributed by atoms with E-state index in [0.29, 0.717) is 0 Å². The molecule has 1 aliphatic heterocycles. The molecule has 0 amide bonds. The van der Waals surface area contributed by atoms with Gasteiger partial charge in [-0.15, -0.1) is 0 Å². The molecule has 1 N–H and O–H groups in total. The zero-order chi connectivity index (χ0) is 17.6. The normalized spacial score (nSPS) is 15.1. The number of benzene rings is 1. The number of rotatable bonds is 7. The monoisotopic (exact) mass is 360 g/mol. The fourth-order valence-electron chi connectivity index (χ4n) is 3.50. The lowest BCUT2D eigenvalue weighted by Gasteiger charge is -2.28. The van der Waals surface area contributed by atoms with Crippen molar-refractivity contribution in [2.75, 3.05) is 49.5 Å². The number of hydrogen-bond donors (Lipinski definition) is 1. The lowest BCUT2D eigenvalue weighted by molar-refractivity contribution is 0.316. The van der Waals surface area contributed by atoms with Crippen molar-refractivity contribution in [2.24, 2.45) is 0 Å². The lowest BCUT2D eigenvalue weighted by atomic mass is 10.1.